The first kappa shape index (κ1) is 13.2. The largest absolute Gasteiger partial charge is 0.372 e. The third kappa shape index (κ3) is 2.94. The van der Waals surface area contributed by atoms with Crippen molar-refractivity contribution in [1.82, 2.24) is 5.32 Å². The molecule has 4 nitrogen and oxygen atoms in total. The summed E-state index contributed by atoms with van der Waals surface area (Å²) in [5.41, 5.74) is 6.59. The van der Waals surface area contributed by atoms with E-state index in [0.717, 1.165) is 18.8 Å². The van der Waals surface area contributed by atoms with Crippen molar-refractivity contribution in [3.05, 3.63) is 28.8 Å². The third-order valence-electron chi connectivity index (χ3n) is 3.30. The molecule has 1 unspecified atom stereocenters. The van der Waals surface area contributed by atoms with E-state index in [-0.39, 0.29) is 0 Å². The SMILES string of the molecule is CN(CC1CCCN1)c1ccc(C(N)=O)cc1Cl. The number of hydrogen-bond acceptors (Lipinski definition) is 3. The van der Waals surface area contributed by atoms with E-state index in [1.807, 2.05) is 13.1 Å². The van der Waals surface area contributed by atoms with E-state index < -0.39 is 5.91 Å². The van der Waals surface area contributed by atoms with Crippen molar-refractivity contribution < 1.29 is 4.79 Å². The molecule has 0 aliphatic carbocycles. The van der Waals surface area contributed by atoms with E-state index in [4.69, 9.17) is 17.3 Å². The topological polar surface area (TPSA) is 58.4 Å². The molecule has 2 rings (SSSR count). The Hall–Kier alpha value is -1.26. The molecule has 3 N–H and O–H groups in total. The van der Waals surface area contributed by atoms with Crippen LogP contribution in [0.2, 0.25) is 5.02 Å². The van der Waals surface area contributed by atoms with Crippen molar-refractivity contribution in [3.8, 4) is 0 Å². The molecule has 0 spiro atoms. The highest BCUT2D eigenvalue weighted by Crippen LogP contribution is 2.26. The van der Waals surface area contributed by atoms with E-state index in [2.05, 4.69) is 10.2 Å². The number of hydrogen-bond donors (Lipinski definition) is 2. The summed E-state index contributed by atoms with van der Waals surface area (Å²) in [7, 11) is 2.01. The lowest BCUT2D eigenvalue weighted by atomic mass is 10.1. The number of nitrogens with zero attached hydrogens (tertiary/aromatic N) is 1. The van der Waals surface area contributed by atoms with Gasteiger partial charge in [0, 0.05) is 25.2 Å². The van der Waals surface area contributed by atoms with Gasteiger partial charge in [0.05, 0.1) is 10.7 Å². The highest BCUT2D eigenvalue weighted by Gasteiger charge is 2.17. The summed E-state index contributed by atoms with van der Waals surface area (Å²) >= 11 is 6.18. The molecule has 0 bridgehead atoms. The minimum Gasteiger partial charge on any atom is -0.372 e. The predicted molar refractivity (Wildman–Crippen MR) is 74.3 cm³/mol. The Labute approximate surface area is 112 Å². The van der Waals surface area contributed by atoms with Gasteiger partial charge in [-0.25, -0.2) is 0 Å². The van der Waals surface area contributed by atoms with E-state index >= 15 is 0 Å². The Kier molecular flexibility index (Phi) is 4.09. The average Bonchev–Trinajstić information content (AvgIpc) is 2.81. The van der Waals surface area contributed by atoms with Gasteiger partial charge >= 0.3 is 0 Å². The molecule has 98 valence electrons. The number of carbonyl (C=O) groups is 1. The Morgan fingerprint density at radius 2 is 2.39 bits per heavy atom. The first-order chi connectivity index (χ1) is 8.58. The minimum atomic E-state index is -0.455. The van der Waals surface area contributed by atoms with Crippen molar-refractivity contribution in [1.29, 1.82) is 0 Å². The molecule has 1 amide bonds. The van der Waals surface area contributed by atoms with Crippen LogP contribution in [0.25, 0.3) is 0 Å². The summed E-state index contributed by atoms with van der Waals surface area (Å²) in [4.78, 5) is 13.2. The maximum atomic E-state index is 11.1. The zero-order chi connectivity index (χ0) is 13.1. The van der Waals surface area contributed by atoms with Crippen LogP contribution in [-0.2, 0) is 0 Å². The lowest BCUT2D eigenvalue weighted by Crippen LogP contribution is -2.35. The number of amides is 1. The van der Waals surface area contributed by atoms with Crippen LogP contribution >= 0.6 is 11.6 Å². The molecule has 1 aliphatic heterocycles. The van der Waals surface area contributed by atoms with Crippen LogP contribution in [0.1, 0.15) is 23.2 Å². The molecule has 1 heterocycles. The maximum Gasteiger partial charge on any atom is 0.248 e. The molecule has 1 aromatic carbocycles. The van der Waals surface area contributed by atoms with Crippen molar-refractivity contribution in [3.63, 3.8) is 0 Å². The van der Waals surface area contributed by atoms with Crippen LogP contribution < -0.4 is 16.0 Å². The summed E-state index contributed by atoms with van der Waals surface area (Å²) in [6.45, 7) is 2.00. The highest BCUT2D eigenvalue weighted by atomic mass is 35.5. The smallest absolute Gasteiger partial charge is 0.248 e. The van der Waals surface area contributed by atoms with Gasteiger partial charge in [-0.05, 0) is 37.6 Å². The highest BCUT2D eigenvalue weighted by molar-refractivity contribution is 6.33. The molecular formula is C13H18ClN3O. The van der Waals surface area contributed by atoms with Crippen molar-refractivity contribution in [2.75, 3.05) is 25.0 Å². The van der Waals surface area contributed by atoms with Crippen LogP contribution in [-0.4, -0.2) is 32.1 Å². The van der Waals surface area contributed by atoms with Crippen LogP contribution in [0, 0.1) is 0 Å². The number of nitrogens with one attached hydrogen (secondary N) is 1. The Bertz CT molecular complexity index is 444. The second kappa shape index (κ2) is 5.59. The van der Waals surface area contributed by atoms with E-state index in [1.54, 1.807) is 12.1 Å². The minimum absolute atomic E-state index is 0.441. The second-order valence-corrected chi connectivity index (χ2v) is 5.11. The summed E-state index contributed by atoms with van der Waals surface area (Å²) in [6.07, 6.45) is 2.42. The second-order valence-electron chi connectivity index (χ2n) is 4.70. The quantitative estimate of drug-likeness (QED) is 0.872. The number of primary amides is 1. The third-order valence-corrected chi connectivity index (χ3v) is 3.60. The van der Waals surface area contributed by atoms with E-state index in [1.165, 1.54) is 12.8 Å². The van der Waals surface area contributed by atoms with Gasteiger partial charge in [-0.1, -0.05) is 11.6 Å². The number of anilines is 1. The predicted octanol–water partition coefficient (Wildman–Crippen LogP) is 1.63. The Balaban J connectivity index is 2.09. The molecule has 1 fully saturated rings. The van der Waals surface area contributed by atoms with Crippen molar-refractivity contribution >= 4 is 23.2 Å². The lowest BCUT2D eigenvalue weighted by molar-refractivity contribution is 0.100. The molecule has 1 aliphatic rings. The fraction of sp³-hybridized carbons (Fsp3) is 0.462. The normalized spacial score (nSPS) is 18.9. The van der Waals surface area contributed by atoms with Gasteiger partial charge in [-0.15, -0.1) is 0 Å². The number of nitrogens with two attached hydrogens (primary N) is 1. The van der Waals surface area contributed by atoms with Gasteiger partial charge in [0.2, 0.25) is 5.91 Å². The van der Waals surface area contributed by atoms with E-state index in [0.29, 0.717) is 16.6 Å². The van der Waals surface area contributed by atoms with Gasteiger partial charge in [0.1, 0.15) is 0 Å². The van der Waals surface area contributed by atoms with Gasteiger partial charge in [0.15, 0.2) is 0 Å². The molecule has 0 radical (unpaired) electrons. The molecule has 1 atom stereocenters. The van der Waals surface area contributed by atoms with E-state index in [9.17, 15) is 4.79 Å². The van der Waals surface area contributed by atoms with Crippen LogP contribution in [0.5, 0.6) is 0 Å². The number of rotatable bonds is 4. The molecule has 5 heteroatoms. The first-order valence-corrected chi connectivity index (χ1v) is 6.49. The molecule has 0 saturated carbocycles. The van der Waals surface area contributed by atoms with Crippen LogP contribution in [0.4, 0.5) is 5.69 Å². The zero-order valence-corrected chi connectivity index (χ0v) is 11.2. The molecule has 1 aromatic rings. The zero-order valence-electron chi connectivity index (χ0n) is 10.4. The number of likely N-dealkylation sites (N-methyl/N-ethyl adjacent to an activating group) is 1. The van der Waals surface area contributed by atoms with Crippen molar-refractivity contribution in [2.24, 2.45) is 5.73 Å². The summed E-state index contributed by atoms with van der Waals surface area (Å²) < 4.78 is 0. The molecule has 1 saturated heterocycles. The van der Waals surface area contributed by atoms with Crippen molar-refractivity contribution in [2.45, 2.75) is 18.9 Å². The van der Waals surface area contributed by atoms with Gasteiger partial charge < -0.3 is 16.0 Å². The van der Waals surface area contributed by atoms with Gasteiger partial charge in [-0.2, -0.15) is 0 Å². The van der Waals surface area contributed by atoms with Gasteiger partial charge in [0.25, 0.3) is 0 Å². The molecular weight excluding hydrogens is 250 g/mol. The fourth-order valence-electron chi connectivity index (χ4n) is 2.31. The molecule has 0 aromatic heterocycles. The first-order valence-electron chi connectivity index (χ1n) is 6.12. The van der Waals surface area contributed by atoms with Crippen LogP contribution in [0.3, 0.4) is 0 Å². The Morgan fingerprint density at radius 1 is 1.61 bits per heavy atom. The monoisotopic (exact) mass is 267 g/mol. The fourth-order valence-corrected chi connectivity index (χ4v) is 2.64. The Morgan fingerprint density at radius 3 is 2.94 bits per heavy atom. The number of carbonyl (C=O) groups excluding carboxylic acids is 1. The summed E-state index contributed by atoms with van der Waals surface area (Å²) in [6, 6.07) is 5.69. The number of halogens is 1. The number of benzene rings is 1. The standard InChI is InChI=1S/C13H18ClN3O/c1-17(8-10-3-2-6-16-10)12-5-4-9(13(15)18)7-11(12)14/h4-5,7,10,16H,2-3,6,8H2,1H3,(H2,15,18). The summed E-state index contributed by atoms with van der Waals surface area (Å²) in [5.74, 6) is -0.455. The van der Waals surface area contributed by atoms with Crippen LogP contribution in [0.15, 0.2) is 18.2 Å². The summed E-state index contributed by atoms with van der Waals surface area (Å²) in [5, 5.41) is 4.01. The maximum absolute atomic E-state index is 11.1. The lowest BCUT2D eigenvalue weighted by Gasteiger charge is -2.24. The van der Waals surface area contributed by atoms with Gasteiger partial charge in [-0.3, -0.25) is 4.79 Å². The molecule has 18 heavy (non-hydrogen) atoms. The average molecular weight is 268 g/mol.